The van der Waals surface area contributed by atoms with Gasteiger partial charge in [-0.3, -0.25) is 5.41 Å². The molecule has 0 unspecified atom stereocenters. The van der Waals surface area contributed by atoms with Crippen LogP contribution in [0.5, 0.6) is 11.5 Å². The number of nitrogens with one attached hydrogen (secondary N) is 3. The molecule has 0 spiro atoms. The van der Waals surface area contributed by atoms with Crippen LogP contribution in [-0.4, -0.2) is 20.8 Å². The number of benzene rings is 2. The van der Waals surface area contributed by atoms with Crippen molar-refractivity contribution < 1.29 is 21.9 Å². The Kier molecular flexibility index (Phi) is 7.81. The maximum Gasteiger partial charge on any atom is 0.240 e. The molecule has 0 aliphatic carbocycles. The average Bonchev–Trinajstić information content (AvgIpc) is 2.72. The van der Waals surface area contributed by atoms with Crippen LogP contribution in [0, 0.1) is 28.4 Å². The third kappa shape index (κ3) is 6.99. The van der Waals surface area contributed by atoms with Crippen molar-refractivity contribution in [1.82, 2.24) is 10.0 Å². The van der Waals surface area contributed by atoms with Crippen LogP contribution in [0.2, 0.25) is 0 Å². The highest BCUT2D eigenvalue weighted by Crippen LogP contribution is 2.31. The number of rotatable bonds is 10. The van der Waals surface area contributed by atoms with E-state index in [0.29, 0.717) is 23.7 Å². The predicted molar refractivity (Wildman–Crippen MR) is 134 cm³/mol. The van der Waals surface area contributed by atoms with Gasteiger partial charge in [-0.25, -0.2) is 21.9 Å². The molecule has 0 aromatic heterocycles. The quantitative estimate of drug-likeness (QED) is 0.372. The van der Waals surface area contributed by atoms with Crippen molar-refractivity contribution in [2.45, 2.75) is 45.9 Å². The fraction of sp³-hybridized carbons (Fsp3) is 0.346. The van der Waals surface area contributed by atoms with Gasteiger partial charge in [0, 0.05) is 18.3 Å². The number of amidine groups is 1. The number of hydrogen-bond donors (Lipinski definition) is 3. The summed E-state index contributed by atoms with van der Waals surface area (Å²) < 4.78 is 62.6. The Morgan fingerprint density at radius 2 is 1.74 bits per heavy atom. The van der Waals surface area contributed by atoms with Gasteiger partial charge in [0.15, 0.2) is 17.4 Å². The Balaban J connectivity index is 1.71. The molecule has 2 aromatic rings. The van der Waals surface area contributed by atoms with Crippen molar-refractivity contribution in [3.05, 3.63) is 70.9 Å². The molecule has 0 bridgehead atoms. The zero-order chi connectivity index (χ0) is 26.0. The van der Waals surface area contributed by atoms with E-state index in [1.807, 2.05) is 13.8 Å². The molecule has 1 aliphatic rings. The third-order valence-electron chi connectivity index (χ3n) is 5.44. The molecule has 0 atom stereocenters. The van der Waals surface area contributed by atoms with Gasteiger partial charge < -0.3 is 10.1 Å². The molecular formula is C26H31F2N3O3S. The van der Waals surface area contributed by atoms with Crippen LogP contribution in [0.3, 0.4) is 0 Å². The summed E-state index contributed by atoms with van der Waals surface area (Å²) in [5.41, 5.74) is 1.54. The Morgan fingerprint density at radius 3 is 2.26 bits per heavy atom. The maximum atomic E-state index is 14.6. The molecule has 0 saturated heterocycles. The Bertz CT molecular complexity index is 1260. The molecule has 1 heterocycles. The van der Waals surface area contributed by atoms with Gasteiger partial charge in [0.25, 0.3) is 0 Å². The largest absolute Gasteiger partial charge is 0.451 e. The topological polar surface area (TPSA) is 91.3 Å². The van der Waals surface area contributed by atoms with Crippen molar-refractivity contribution in [3.8, 4) is 11.5 Å². The van der Waals surface area contributed by atoms with Gasteiger partial charge >= 0.3 is 0 Å². The van der Waals surface area contributed by atoms with E-state index in [4.69, 9.17) is 10.1 Å². The molecule has 3 N–H and O–H groups in total. The highest BCUT2D eigenvalue weighted by Gasteiger charge is 2.23. The van der Waals surface area contributed by atoms with Crippen LogP contribution in [0.25, 0.3) is 6.08 Å². The standard InChI is InChI=1S/C26H31F2N3O3S/c1-16(2)14-26(4,5)15-30-35(32,33)20-8-6-19(7-9-20)34-25-21(27)11-18(12-22(25)28)10-17(3)23-13-24(29)31-23/h6-13,16,30H,14-15H2,1-5H3,(H2,29,31). The van der Waals surface area contributed by atoms with E-state index < -0.39 is 27.4 Å². The maximum absolute atomic E-state index is 14.6. The lowest BCUT2D eigenvalue weighted by Crippen LogP contribution is -2.34. The summed E-state index contributed by atoms with van der Waals surface area (Å²) in [6.45, 7) is 10.2. The smallest absolute Gasteiger partial charge is 0.240 e. The van der Waals surface area contributed by atoms with Crippen molar-refractivity contribution in [2.24, 2.45) is 11.3 Å². The summed E-state index contributed by atoms with van der Waals surface area (Å²) in [4.78, 5) is 0.0362. The van der Waals surface area contributed by atoms with Gasteiger partial charge in [-0.2, -0.15) is 0 Å². The molecule has 0 saturated carbocycles. The lowest BCUT2D eigenvalue weighted by molar-refractivity contribution is 0.288. The summed E-state index contributed by atoms with van der Waals surface area (Å²) in [6.07, 6.45) is 4.07. The molecule has 9 heteroatoms. The van der Waals surface area contributed by atoms with Crippen LogP contribution >= 0.6 is 0 Å². The van der Waals surface area contributed by atoms with Crippen LogP contribution in [0.15, 0.2) is 58.6 Å². The SMILES string of the molecule is CC(=Cc1cc(F)c(Oc2ccc(S(=O)(=O)NCC(C)(C)CC(C)C)cc2)c(F)c1)C1=CC(=N)N1. The third-order valence-corrected chi connectivity index (χ3v) is 6.86. The van der Waals surface area contributed by atoms with Crippen LogP contribution in [0.1, 0.15) is 46.6 Å². The minimum absolute atomic E-state index is 0.0362. The van der Waals surface area contributed by atoms with E-state index in [9.17, 15) is 17.2 Å². The van der Waals surface area contributed by atoms with Gasteiger partial charge in [-0.05, 0) is 78.3 Å². The minimum atomic E-state index is -3.74. The van der Waals surface area contributed by atoms with Crippen molar-refractivity contribution in [3.63, 3.8) is 0 Å². The van der Waals surface area contributed by atoms with E-state index >= 15 is 0 Å². The zero-order valence-corrected chi connectivity index (χ0v) is 21.3. The number of halogens is 2. The van der Waals surface area contributed by atoms with Gasteiger partial charge in [0.1, 0.15) is 11.6 Å². The van der Waals surface area contributed by atoms with Gasteiger partial charge in [0.05, 0.1) is 4.90 Å². The second kappa shape index (κ2) is 10.3. The molecule has 2 aromatic carbocycles. The summed E-state index contributed by atoms with van der Waals surface area (Å²) in [5, 5.41) is 10.2. The van der Waals surface area contributed by atoms with Crippen molar-refractivity contribution in [1.29, 1.82) is 5.41 Å². The fourth-order valence-corrected chi connectivity index (χ4v) is 5.18. The second-order valence-corrected chi connectivity index (χ2v) is 11.7. The first-order valence-electron chi connectivity index (χ1n) is 11.3. The van der Waals surface area contributed by atoms with Crippen molar-refractivity contribution in [2.75, 3.05) is 6.54 Å². The average molecular weight is 504 g/mol. The first-order valence-corrected chi connectivity index (χ1v) is 12.8. The monoisotopic (exact) mass is 503 g/mol. The molecule has 3 rings (SSSR count). The number of allylic oxidation sites excluding steroid dienone is 1. The second-order valence-electron chi connectivity index (χ2n) is 9.90. The number of hydrogen-bond acceptors (Lipinski definition) is 4. The van der Waals surface area contributed by atoms with Gasteiger partial charge in [0.2, 0.25) is 10.0 Å². The number of sulfonamides is 1. The van der Waals surface area contributed by atoms with E-state index in [1.165, 1.54) is 24.3 Å². The highest BCUT2D eigenvalue weighted by atomic mass is 32.2. The van der Waals surface area contributed by atoms with Crippen LogP contribution in [0.4, 0.5) is 8.78 Å². The van der Waals surface area contributed by atoms with E-state index in [1.54, 1.807) is 19.1 Å². The molecular weight excluding hydrogens is 472 g/mol. The number of ether oxygens (including phenoxy) is 1. The fourth-order valence-electron chi connectivity index (χ4n) is 3.94. The van der Waals surface area contributed by atoms with Gasteiger partial charge in [-0.15, -0.1) is 0 Å². The molecule has 0 radical (unpaired) electrons. The highest BCUT2D eigenvalue weighted by molar-refractivity contribution is 7.89. The van der Waals surface area contributed by atoms with E-state index in [2.05, 4.69) is 23.9 Å². The van der Waals surface area contributed by atoms with Crippen molar-refractivity contribution >= 4 is 21.9 Å². The van der Waals surface area contributed by atoms with Crippen LogP contribution < -0.4 is 14.8 Å². The minimum Gasteiger partial charge on any atom is -0.451 e. The molecule has 1 aliphatic heterocycles. The Labute approximate surface area is 205 Å². The molecule has 6 nitrogen and oxygen atoms in total. The first-order chi connectivity index (χ1) is 16.3. The molecule has 0 fully saturated rings. The lowest BCUT2D eigenvalue weighted by Gasteiger charge is -2.26. The Morgan fingerprint density at radius 1 is 1.17 bits per heavy atom. The predicted octanol–water partition coefficient (Wildman–Crippen LogP) is 5.98. The molecule has 0 amide bonds. The Hall–Kier alpha value is -3.04. The summed E-state index contributed by atoms with van der Waals surface area (Å²) in [6, 6.07) is 7.67. The molecule has 35 heavy (non-hydrogen) atoms. The normalized spacial score (nSPS) is 14.5. The summed E-state index contributed by atoms with van der Waals surface area (Å²) >= 11 is 0. The van der Waals surface area contributed by atoms with E-state index in [-0.39, 0.29) is 21.9 Å². The van der Waals surface area contributed by atoms with Crippen LogP contribution in [-0.2, 0) is 10.0 Å². The molecule has 188 valence electrons. The first kappa shape index (κ1) is 26.6. The lowest BCUT2D eigenvalue weighted by atomic mass is 9.84. The van der Waals surface area contributed by atoms with E-state index in [0.717, 1.165) is 24.1 Å². The van der Waals surface area contributed by atoms with Gasteiger partial charge in [-0.1, -0.05) is 27.7 Å². The zero-order valence-electron chi connectivity index (χ0n) is 20.5. The summed E-state index contributed by atoms with van der Waals surface area (Å²) in [5.74, 6) is -1.54. The summed E-state index contributed by atoms with van der Waals surface area (Å²) in [7, 11) is -3.74.